The molecule has 2 atom stereocenters. The van der Waals surface area contributed by atoms with Crippen LogP contribution in [-0.2, 0) is 4.74 Å². The number of methoxy groups -OCH3 is 1. The number of rotatable bonds is 7. The molecular formula is C24H29ClN4O4. The fraction of sp³-hybridized carbons (Fsp3) is 0.375. The molecule has 176 valence electrons. The van der Waals surface area contributed by atoms with E-state index in [1.165, 1.54) is 0 Å². The van der Waals surface area contributed by atoms with Crippen LogP contribution >= 0.6 is 12.4 Å². The number of ether oxygens (including phenoxy) is 1. The van der Waals surface area contributed by atoms with Gasteiger partial charge in [-0.1, -0.05) is 18.2 Å². The van der Waals surface area contributed by atoms with Gasteiger partial charge in [0.15, 0.2) is 5.82 Å². The van der Waals surface area contributed by atoms with Crippen molar-refractivity contribution in [3.05, 3.63) is 48.0 Å². The molecule has 1 saturated heterocycles. The van der Waals surface area contributed by atoms with Gasteiger partial charge in [-0.05, 0) is 55.5 Å². The molecule has 0 aliphatic carbocycles. The lowest BCUT2D eigenvalue weighted by atomic mass is 9.96. The Bertz CT molecular complexity index is 1130. The number of phenolic OH excluding ortho intramolecular Hbond substituents is 1. The monoisotopic (exact) mass is 472 g/mol. The molecule has 1 aromatic heterocycles. The van der Waals surface area contributed by atoms with Crippen LogP contribution in [0, 0.1) is 12.8 Å². The third-order valence-corrected chi connectivity index (χ3v) is 6.01. The largest absolute Gasteiger partial charge is 0.507 e. The Hall–Kier alpha value is -3.10. The minimum absolute atomic E-state index is 0. The minimum Gasteiger partial charge on any atom is -0.507 e. The summed E-state index contributed by atoms with van der Waals surface area (Å²) >= 11 is 0. The molecule has 0 saturated carbocycles. The summed E-state index contributed by atoms with van der Waals surface area (Å²) in [5.41, 5.74) is 2.49. The summed E-state index contributed by atoms with van der Waals surface area (Å²) < 4.78 is 5.18. The number of para-hydroxylation sites is 1. The van der Waals surface area contributed by atoms with Crippen LogP contribution in [0.25, 0.3) is 22.3 Å². The molecule has 8 nitrogen and oxygen atoms in total. The molecule has 0 spiro atoms. The average molecular weight is 473 g/mol. The number of benzene rings is 2. The number of aryl methyl sites for hydroxylation is 1. The molecule has 2 heterocycles. The molecule has 1 unspecified atom stereocenters. The van der Waals surface area contributed by atoms with E-state index in [-0.39, 0.29) is 30.1 Å². The normalized spacial score (nSPS) is 16.4. The summed E-state index contributed by atoms with van der Waals surface area (Å²) in [4.78, 5) is 23.1. The number of aromatic hydroxyl groups is 1. The van der Waals surface area contributed by atoms with E-state index in [0.717, 1.165) is 35.2 Å². The van der Waals surface area contributed by atoms with Gasteiger partial charge in [-0.15, -0.1) is 12.4 Å². The molecule has 3 N–H and O–H groups in total. The number of hydrogen-bond acceptors (Lipinski definition) is 6. The van der Waals surface area contributed by atoms with Crippen LogP contribution < -0.4 is 10.2 Å². The van der Waals surface area contributed by atoms with Crippen molar-refractivity contribution < 1.29 is 19.7 Å². The highest BCUT2D eigenvalue weighted by molar-refractivity contribution is 5.92. The number of aromatic nitrogens is 2. The standard InChI is InChI=1S/C24H28N4O4.ClH/c1-15-7-8-17-20(13-15)25-22(18-5-3-4-6-21(18)29)27-23(17)28-11-9-16(14-28)19(10-12-32-2)26-24(30)31;/h3-8,13,16,19,26,29H,9-12,14H2,1-2H3,(H,30,31);1H/t16-,19?;/m0./s1. The van der Waals surface area contributed by atoms with Gasteiger partial charge >= 0.3 is 6.09 Å². The van der Waals surface area contributed by atoms with Gasteiger partial charge in [-0.3, -0.25) is 0 Å². The smallest absolute Gasteiger partial charge is 0.404 e. The number of hydrogen-bond donors (Lipinski definition) is 3. The van der Waals surface area contributed by atoms with Crippen LogP contribution in [-0.4, -0.2) is 59.1 Å². The van der Waals surface area contributed by atoms with Gasteiger partial charge in [0.1, 0.15) is 11.6 Å². The second kappa shape index (κ2) is 10.7. The summed E-state index contributed by atoms with van der Waals surface area (Å²) in [5, 5.41) is 23.2. The molecule has 1 aliphatic rings. The third-order valence-electron chi connectivity index (χ3n) is 6.01. The van der Waals surface area contributed by atoms with Crippen LogP contribution in [0.15, 0.2) is 42.5 Å². The highest BCUT2D eigenvalue weighted by Gasteiger charge is 2.32. The lowest BCUT2D eigenvalue weighted by Crippen LogP contribution is -2.41. The van der Waals surface area contributed by atoms with E-state index in [1.54, 1.807) is 25.3 Å². The number of fused-ring (bicyclic) bond motifs is 1. The fourth-order valence-corrected chi connectivity index (χ4v) is 4.38. The van der Waals surface area contributed by atoms with Crippen molar-refractivity contribution in [2.45, 2.75) is 25.8 Å². The van der Waals surface area contributed by atoms with Crippen LogP contribution in [0.5, 0.6) is 5.75 Å². The Kier molecular flexibility index (Phi) is 7.94. The number of phenols is 1. The van der Waals surface area contributed by atoms with Crippen molar-refractivity contribution in [1.29, 1.82) is 0 Å². The molecule has 4 rings (SSSR count). The molecule has 9 heteroatoms. The number of nitrogens with one attached hydrogen (secondary N) is 1. The van der Waals surface area contributed by atoms with Crippen LogP contribution in [0.2, 0.25) is 0 Å². The highest BCUT2D eigenvalue weighted by atomic mass is 35.5. The first-order valence-corrected chi connectivity index (χ1v) is 10.8. The van der Waals surface area contributed by atoms with Crippen LogP contribution in [0.4, 0.5) is 10.6 Å². The number of carboxylic acid groups (broad SMARTS) is 1. The molecule has 0 radical (unpaired) electrons. The predicted molar refractivity (Wildman–Crippen MR) is 130 cm³/mol. The Morgan fingerprint density at radius 3 is 2.79 bits per heavy atom. The second-order valence-corrected chi connectivity index (χ2v) is 8.24. The third kappa shape index (κ3) is 5.46. The number of halogens is 1. The second-order valence-electron chi connectivity index (χ2n) is 8.24. The summed E-state index contributed by atoms with van der Waals surface area (Å²) in [6.07, 6.45) is 0.445. The van der Waals surface area contributed by atoms with Crippen molar-refractivity contribution >= 4 is 35.2 Å². The molecule has 3 aromatic rings. The Morgan fingerprint density at radius 2 is 2.06 bits per heavy atom. The molecule has 2 aromatic carbocycles. The van der Waals surface area contributed by atoms with E-state index < -0.39 is 6.09 Å². The zero-order valence-corrected chi connectivity index (χ0v) is 19.5. The zero-order valence-electron chi connectivity index (χ0n) is 18.7. The molecule has 0 bridgehead atoms. The molecule has 1 amide bonds. The highest BCUT2D eigenvalue weighted by Crippen LogP contribution is 2.34. The van der Waals surface area contributed by atoms with Crippen LogP contribution in [0.3, 0.4) is 0 Å². The maximum Gasteiger partial charge on any atom is 0.404 e. The number of nitrogens with zero attached hydrogens (tertiary/aromatic N) is 3. The summed E-state index contributed by atoms with van der Waals surface area (Å²) in [7, 11) is 1.62. The van der Waals surface area contributed by atoms with Crippen molar-refractivity contribution in [1.82, 2.24) is 15.3 Å². The first-order chi connectivity index (χ1) is 15.5. The first kappa shape index (κ1) is 24.5. The van der Waals surface area contributed by atoms with Crippen molar-refractivity contribution in [3.8, 4) is 17.1 Å². The van der Waals surface area contributed by atoms with Gasteiger partial charge < -0.3 is 25.2 Å². The van der Waals surface area contributed by atoms with Crippen molar-refractivity contribution in [2.24, 2.45) is 5.92 Å². The number of carbonyl (C=O) groups is 1. The van der Waals surface area contributed by atoms with E-state index in [1.807, 2.05) is 31.2 Å². The summed E-state index contributed by atoms with van der Waals surface area (Å²) in [6.45, 7) is 3.95. The summed E-state index contributed by atoms with van der Waals surface area (Å²) in [6, 6.07) is 12.9. The molecule has 33 heavy (non-hydrogen) atoms. The van der Waals surface area contributed by atoms with E-state index in [2.05, 4.69) is 10.2 Å². The topological polar surface area (TPSA) is 108 Å². The van der Waals surface area contributed by atoms with Gasteiger partial charge in [-0.25, -0.2) is 14.8 Å². The Labute approximate surface area is 199 Å². The van der Waals surface area contributed by atoms with E-state index in [4.69, 9.17) is 14.7 Å². The van der Waals surface area contributed by atoms with Crippen molar-refractivity contribution in [3.63, 3.8) is 0 Å². The fourth-order valence-electron chi connectivity index (χ4n) is 4.38. The maximum absolute atomic E-state index is 11.3. The SMILES string of the molecule is COCCC(NC(=O)O)[C@H]1CCN(c2nc(-c3ccccc3O)nc3cc(C)ccc23)C1.Cl. The van der Waals surface area contributed by atoms with Gasteiger partial charge in [-0.2, -0.15) is 0 Å². The predicted octanol–water partition coefficient (Wildman–Crippen LogP) is 4.23. The molecule has 1 aliphatic heterocycles. The maximum atomic E-state index is 11.3. The Balaban J connectivity index is 0.00000306. The first-order valence-electron chi connectivity index (χ1n) is 10.8. The molecular weight excluding hydrogens is 444 g/mol. The average Bonchev–Trinajstić information content (AvgIpc) is 3.25. The van der Waals surface area contributed by atoms with Crippen LogP contribution in [0.1, 0.15) is 18.4 Å². The van der Waals surface area contributed by atoms with E-state index in [0.29, 0.717) is 31.0 Å². The lowest BCUT2D eigenvalue weighted by molar-refractivity contribution is 0.159. The summed E-state index contributed by atoms with van der Waals surface area (Å²) in [5.74, 6) is 1.55. The number of amides is 1. The lowest BCUT2D eigenvalue weighted by Gasteiger charge is -2.25. The van der Waals surface area contributed by atoms with E-state index in [9.17, 15) is 15.0 Å². The van der Waals surface area contributed by atoms with E-state index >= 15 is 0 Å². The van der Waals surface area contributed by atoms with Gasteiger partial charge in [0, 0.05) is 38.2 Å². The van der Waals surface area contributed by atoms with Gasteiger partial charge in [0.2, 0.25) is 0 Å². The van der Waals surface area contributed by atoms with Gasteiger partial charge in [0.05, 0.1) is 11.1 Å². The zero-order chi connectivity index (χ0) is 22.7. The Morgan fingerprint density at radius 1 is 1.27 bits per heavy atom. The quantitative estimate of drug-likeness (QED) is 0.472. The van der Waals surface area contributed by atoms with Gasteiger partial charge in [0.25, 0.3) is 0 Å². The molecule has 1 fully saturated rings. The number of anilines is 1. The minimum atomic E-state index is -1.02. The van der Waals surface area contributed by atoms with Crippen molar-refractivity contribution in [2.75, 3.05) is 31.7 Å².